The SMILES string of the molecule is CC(C)c1nsc(NC2(CCl)CCCCC2)n1. The van der Waals surface area contributed by atoms with E-state index in [1.165, 1.54) is 30.8 Å². The fourth-order valence-electron chi connectivity index (χ4n) is 2.27. The monoisotopic (exact) mass is 273 g/mol. The summed E-state index contributed by atoms with van der Waals surface area (Å²) < 4.78 is 4.37. The molecule has 1 aromatic heterocycles. The summed E-state index contributed by atoms with van der Waals surface area (Å²) >= 11 is 7.60. The maximum absolute atomic E-state index is 6.15. The van der Waals surface area contributed by atoms with Crippen molar-refractivity contribution in [3.05, 3.63) is 5.82 Å². The molecule has 1 saturated carbocycles. The molecule has 1 fully saturated rings. The van der Waals surface area contributed by atoms with E-state index in [4.69, 9.17) is 11.6 Å². The smallest absolute Gasteiger partial charge is 0.203 e. The first kappa shape index (κ1) is 13.1. The average Bonchev–Trinajstić information content (AvgIpc) is 2.79. The molecule has 1 aromatic rings. The molecule has 0 aromatic carbocycles. The Morgan fingerprint density at radius 1 is 1.35 bits per heavy atom. The predicted octanol–water partition coefficient (Wildman–Crippen LogP) is 4.02. The maximum atomic E-state index is 6.15. The Kier molecular flexibility index (Phi) is 4.26. The summed E-state index contributed by atoms with van der Waals surface area (Å²) in [5.41, 5.74) is 0.0492. The molecule has 17 heavy (non-hydrogen) atoms. The second-order valence-electron chi connectivity index (χ2n) is 5.21. The van der Waals surface area contributed by atoms with Gasteiger partial charge in [-0.2, -0.15) is 4.37 Å². The van der Waals surface area contributed by atoms with Gasteiger partial charge in [-0.25, -0.2) is 4.98 Å². The van der Waals surface area contributed by atoms with Crippen molar-refractivity contribution < 1.29 is 0 Å². The molecule has 0 spiro atoms. The fourth-order valence-corrected chi connectivity index (χ4v) is 3.43. The number of aromatic nitrogens is 2. The van der Waals surface area contributed by atoms with E-state index in [-0.39, 0.29) is 5.54 Å². The molecule has 1 heterocycles. The third kappa shape index (κ3) is 3.10. The minimum Gasteiger partial charge on any atom is -0.354 e. The van der Waals surface area contributed by atoms with Crippen molar-refractivity contribution in [1.29, 1.82) is 0 Å². The van der Waals surface area contributed by atoms with Crippen LogP contribution in [0.25, 0.3) is 0 Å². The van der Waals surface area contributed by atoms with Crippen LogP contribution in [-0.2, 0) is 0 Å². The van der Waals surface area contributed by atoms with Crippen molar-refractivity contribution in [3.63, 3.8) is 0 Å². The van der Waals surface area contributed by atoms with E-state index >= 15 is 0 Å². The van der Waals surface area contributed by atoms with Crippen LogP contribution in [0, 0.1) is 0 Å². The minimum absolute atomic E-state index is 0.0492. The zero-order chi connectivity index (χ0) is 12.3. The lowest BCUT2D eigenvalue weighted by molar-refractivity contribution is 0.353. The van der Waals surface area contributed by atoms with Crippen molar-refractivity contribution in [1.82, 2.24) is 9.36 Å². The molecule has 1 N–H and O–H groups in total. The Morgan fingerprint density at radius 3 is 2.59 bits per heavy atom. The molecule has 3 nitrogen and oxygen atoms in total. The van der Waals surface area contributed by atoms with Crippen LogP contribution < -0.4 is 5.32 Å². The summed E-state index contributed by atoms with van der Waals surface area (Å²) in [5.74, 6) is 1.97. The molecule has 0 aliphatic heterocycles. The second kappa shape index (κ2) is 5.53. The number of rotatable bonds is 4. The summed E-state index contributed by atoms with van der Waals surface area (Å²) in [4.78, 5) is 4.53. The Balaban J connectivity index is 2.06. The fraction of sp³-hybridized carbons (Fsp3) is 0.833. The van der Waals surface area contributed by atoms with Gasteiger partial charge in [-0.15, -0.1) is 11.6 Å². The third-order valence-corrected chi connectivity index (χ3v) is 4.55. The van der Waals surface area contributed by atoms with Gasteiger partial charge < -0.3 is 5.32 Å². The molecule has 0 unspecified atom stereocenters. The van der Waals surface area contributed by atoms with Crippen molar-refractivity contribution in [2.75, 3.05) is 11.2 Å². The van der Waals surface area contributed by atoms with Crippen LogP contribution >= 0.6 is 23.1 Å². The van der Waals surface area contributed by atoms with Gasteiger partial charge in [0.15, 0.2) is 0 Å². The maximum Gasteiger partial charge on any atom is 0.203 e. The summed E-state index contributed by atoms with van der Waals surface area (Å²) in [6, 6.07) is 0. The quantitative estimate of drug-likeness (QED) is 0.842. The Morgan fingerprint density at radius 2 is 2.06 bits per heavy atom. The van der Waals surface area contributed by atoms with E-state index < -0.39 is 0 Å². The molecule has 0 radical (unpaired) electrons. The van der Waals surface area contributed by atoms with E-state index in [1.54, 1.807) is 0 Å². The van der Waals surface area contributed by atoms with Crippen LogP contribution in [0.2, 0.25) is 0 Å². The predicted molar refractivity (Wildman–Crippen MR) is 74.2 cm³/mol. The molecule has 2 rings (SSSR count). The number of alkyl halides is 1. The molecule has 0 atom stereocenters. The van der Waals surface area contributed by atoms with Crippen LogP contribution in [0.15, 0.2) is 0 Å². The number of nitrogens with one attached hydrogen (secondary N) is 1. The van der Waals surface area contributed by atoms with Crippen LogP contribution in [0.3, 0.4) is 0 Å². The van der Waals surface area contributed by atoms with Gasteiger partial charge in [0, 0.05) is 23.3 Å². The first-order chi connectivity index (χ1) is 8.15. The Labute approximate surface area is 112 Å². The van der Waals surface area contributed by atoms with Crippen molar-refractivity contribution in [3.8, 4) is 0 Å². The second-order valence-corrected chi connectivity index (χ2v) is 6.23. The largest absolute Gasteiger partial charge is 0.354 e. The molecule has 96 valence electrons. The lowest BCUT2D eigenvalue weighted by Crippen LogP contribution is -2.42. The van der Waals surface area contributed by atoms with Gasteiger partial charge in [0.1, 0.15) is 5.82 Å². The van der Waals surface area contributed by atoms with Crippen LogP contribution in [0.4, 0.5) is 5.13 Å². The third-order valence-electron chi connectivity index (χ3n) is 3.40. The van der Waals surface area contributed by atoms with Gasteiger partial charge in [-0.1, -0.05) is 33.1 Å². The average molecular weight is 274 g/mol. The lowest BCUT2D eigenvalue weighted by atomic mass is 9.83. The van der Waals surface area contributed by atoms with E-state index in [2.05, 4.69) is 28.5 Å². The summed E-state index contributed by atoms with van der Waals surface area (Å²) in [6.45, 7) is 4.23. The highest BCUT2D eigenvalue weighted by molar-refractivity contribution is 7.09. The van der Waals surface area contributed by atoms with Crippen molar-refractivity contribution >= 4 is 28.3 Å². The summed E-state index contributed by atoms with van der Waals surface area (Å²) in [6.07, 6.45) is 6.14. The topological polar surface area (TPSA) is 37.8 Å². The summed E-state index contributed by atoms with van der Waals surface area (Å²) in [5, 5.41) is 4.46. The van der Waals surface area contributed by atoms with E-state index in [0.29, 0.717) is 11.8 Å². The number of hydrogen-bond donors (Lipinski definition) is 1. The molecule has 0 amide bonds. The van der Waals surface area contributed by atoms with Gasteiger partial charge >= 0.3 is 0 Å². The van der Waals surface area contributed by atoms with Crippen molar-refractivity contribution in [2.24, 2.45) is 0 Å². The highest BCUT2D eigenvalue weighted by atomic mass is 35.5. The first-order valence-corrected chi connectivity index (χ1v) is 7.64. The first-order valence-electron chi connectivity index (χ1n) is 6.33. The molecule has 0 bridgehead atoms. The molecular weight excluding hydrogens is 254 g/mol. The number of halogens is 1. The Bertz CT molecular complexity index is 358. The molecule has 1 aliphatic rings. The van der Waals surface area contributed by atoms with Gasteiger partial charge in [0.25, 0.3) is 0 Å². The Hall–Kier alpha value is -0.350. The van der Waals surface area contributed by atoms with Crippen LogP contribution in [0.1, 0.15) is 57.7 Å². The van der Waals surface area contributed by atoms with Gasteiger partial charge in [-0.05, 0) is 12.8 Å². The highest BCUT2D eigenvalue weighted by Crippen LogP contribution is 2.33. The molecular formula is C12H20ClN3S. The molecule has 1 aliphatic carbocycles. The highest BCUT2D eigenvalue weighted by Gasteiger charge is 2.32. The number of anilines is 1. The van der Waals surface area contributed by atoms with Crippen LogP contribution in [-0.4, -0.2) is 20.8 Å². The normalized spacial score (nSPS) is 19.5. The zero-order valence-electron chi connectivity index (χ0n) is 10.5. The standard InChI is InChI=1S/C12H20ClN3S/c1-9(2)10-14-11(17-16-10)15-12(8-13)6-4-3-5-7-12/h9H,3-8H2,1-2H3,(H,14,15,16). The van der Waals surface area contributed by atoms with Crippen LogP contribution in [0.5, 0.6) is 0 Å². The lowest BCUT2D eigenvalue weighted by Gasteiger charge is -2.36. The molecule has 0 saturated heterocycles. The number of hydrogen-bond acceptors (Lipinski definition) is 4. The van der Waals surface area contributed by atoms with Crippen molar-refractivity contribution in [2.45, 2.75) is 57.4 Å². The van der Waals surface area contributed by atoms with E-state index in [0.717, 1.165) is 23.8 Å². The zero-order valence-corrected chi connectivity index (χ0v) is 12.1. The van der Waals surface area contributed by atoms with Gasteiger partial charge in [0.2, 0.25) is 5.13 Å². The van der Waals surface area contributed by atoms with Gasteiger partial charge in [0.05, 0.1) is 5.54 Å². The minimum atomic E-state index is 0.0492. The van der Waals surface area contributed by atoms with E-state index in [9.17, 15) is 0 Å². The summed E-state index contributed by atoms with van der Waals surface area (Å²) in [7, 11) is 0. The van der Waals surface area contributed by atoms with Gasteiger partial charge in [-0.3, -0.25) is 0 Å². The van der Waals surface area contributed by atoms with E-state index in [1.807, 2.05) is 0 Å². The number of nitrogens with zero attached hydrogens (tertiary/aromatic N) is 2. The molecule has 5 heteroatoms.